The number of carbonyl (C=O) groups is 1. The lowest BCUT2D eigenvalue weighted by atomic mass is 9.87. The molecular weight excluding hydrogens is 222 g/mol. The van der Waals surface area contributed by atoms with E-state index < -0.39 is 10.9 Å². The summed E-state index contributed by atoms with van der Waals surface area (Å²) in [5.74, 6) is 0.564. The van der Waals surface area contributed by atoms with E-state index in [1.807, 2.05) is 13.8 Å². The first-order chi connectivity index (χ1) is 7.56. The van der Waals surface area contributed by atoms with E-state index in [9.17, 15) is 4.79 Å². The first kappa shape index (κ1) is 12.0. The van der Waals surface area contributed by atoms with Gasteiger partial charge in [0.2, 0.25) is 5.91 Å². The molecule has 0 aromatic heterocycles. The molecule has 1 amide bonds. The lowest BCUT2D eigenvalue weighted by molar-refractivity contribution is -0.120. The van der Waals surface area contributed by atoms with Gasteiger partial charge in [0, 0.05) is 23.8 Å². The molecule has 0 spiro atoms. The second-order valence-corrected chi connectivity index (χ2v) is 6.98. The monoisotopic (exact) mass is 243 g/mol. The molecule has 4 unspecified atom stereocenters. The Morgan fingerprint density at radius 3 is 2.81 bits per heavy atom. The normalized spacial score (nSPS) is 34.3. The molecule has 0 aromatic rings. The molecule has 3 N–H and O–H groups in total. The Morgan fingerprint density at radius 2 is 2.31 bits per heavy atom. The highest BCUT2D eigenvalue weighted by molar-refractivity contribution is 7.85. The molecule has 2 fully saturated rings. The second kappa shape index (κ2) is 4.84. The highest BCUT2D eigenvalue weighted by atomic mass is 32.2. The zero-order valence-electron chi connectivity index (χ0n) is 9.95. The maximum atomic E-state index is 11.7. The summed E-state index contributed by atoms with van der Waals surface area (Å²) >= 11 is 0. The summed E-state index contributed by atoms with van der Waals surface area (Å²) < 4.78 is 10.5. The van der Waals surface area contributed by atoms with Crippen molar-refractivity contribution in [3.05, 3.63) is 0 Å². The summed E-state index contributed by atoms with van der Waals surface area (Å²) in [6.07, 6.45) is 4.24. The Bertz CT molecular complexity index is 306. The minimum absolute atomic E-state index is 0.0615. The number of nitrogens with one attached hydrogen (secondary N) is 3. The van der Waals surface area contributed by atoms with Crippen molar-refractivity contribution in [2.75, 3.05) is 0 Å². The number of rotatable bonds is 4. The topological polar surface area (TPSA) is 65.0 Å². The van der Waals surface area contributed by atoms with Gasteiger partial charge in [-0.05, 0) is 36.1 Å². The van der Waals surface area contributed by atoms with E-state index in [-0.39, 0.29) is 11.2 Å². The van der Waals surface area contributed by atoms with Crippen LogP contribution in [0.4, 0.5) is 0 Å². The third-order valence-electron chi connectivity index (χ3n) is 3.57. The Labute approximate surface area is 99.6 Å². The second-order valence-electron chi connectivity index (χ2n) is 5.16. The predicted octanol–water partition coefficient (Wildman–Crippen LogP) is 1.34. The zero-order chi connectivity index (χ0) is 11.7. The van der Waals surface area contributed by atoms with Crippen molar-refractivity contribution in [1.29, 1.82) is 4.78 Å². The quantitative estimate of drug-likeness (QED) is 0.697. The van der Waals surface area contributed by atoms with Gasteiger partial charge in [0.05, 0.1) is 0 Å². The summed E-state index contributed by atoms with van der Waals surface area (Å²) in [7, 11) is -0.724. The first-order valence-corrected chi connectivity index (χ1v) is 7.35. The summed E-state index contributed by atoms with van der Waals surface area (Å²) in [6, 6.07) is 1.21. The van der Waals surface area contributed by atoms with Crippen LogP contribution in [0.25, 0.3) is 0 Å². The lowest BCUT2D eigenvalue weighted by Crippen LogP contribution is -2.33. The molecule has 0 aromatic carbocycles. The standard InChI is InChI=1S/C11H21N3OS/c1-7(2)16(12)14-11(15)6-8-5-9-3-4-10(8)13-9/h7-10,13H,3-6H2,1-2H3,(H2,12,14,15). The van der Waals surface area contributed by atoms with Gasteiger partial charge in [-0.1, -0.05) is 13.8 Å². The molecule has 2 saturated heterocycles. The van der Waals surface area contributed by atoms with Crippen LogP contribution in [0.15, 0.2) is 0 Å². The Morgan fingerprint density at radius 1 is 1.56 bits per heavy atom. The predicted molar refractivity (Wildman–Crippen MR) is 66.0 cm³/mol. The van der Waals surface area contributed by atoms with E-state index >= 15 is 0 Å². The minimum Gasteiger partial charge on any atom is -0.311 e. The molecule has 4 nitrogen and oxygen atoms in total. The van der Waals surface area contributed by atoms with Crippen LogP contribution in [0.3, 0.4) is 0 Å². The van der Waals surface area contributed by atoms with Gasteiger partial charge in [-0.2, -0.15) is 0 Å². The third kappa shape index (κ3) is 2.63. The van der Waals surface area contributed by atoms with Crippen molar-refractivity contribution in [1.82, 2.24) is 10.0 Å². The fourth-order valence-corrected chi connectivity index (χ4v) is 3.25. The van der Waals surface area contributed by atoms with Crippen molar-refractivity contribution < 1.29 is 4.79 Å². The fourth-order valence-electron chi connectivity index (χ4n) is 2.68. The maximum absolute atomic E-state index is 11.7. The van der Waals surface area contributed by atoms with Crippen molar-refractivity contribution in [3.63, 3.8) is 0 Å². The van der Waals surface area contributed by atoms with Gasteiger partial charge >= 0.3 is 0 Å². The van der Waals surface area contributed by atoms with Crippen molar-refractivity contribution in [2.45, 2.75) is 56.9 Å². The van der Waals surface area contributed by atoms with Crippen LogP contribution in [0.2, 0.25) is 0 Å². The third-order valence-corrected chi connectivity index (χ3v) is 4.97. The van der Waals surface area contributed by atoms with Crippen molar-refractivity contribution in [2.24, 2.45) is 5.92 Å². The maximum Gasteiger partial charge on any atom is 0.230 e. The van der Waals surface area contributed by atoms with Crippen LogP contribution in [0.1, 0.15) is 39.5 Å². The van der Waals surface area contributed by atoms with E-state index in [0.717, 1.165) is 6.42 Å². The van der Waals surface area contributed by atoms with Gasteiger partial charge in [-0.15, -0.1) is 0 Å². The average molecular weight is 243 g/mol. The fraction of sp³-hybridized carbons (Fsp3) is 0.909. The van der Waals surface area contributed by atoms with Gasteiger partial charge in [0.25, 0.3) is 0 Å². The summed E-state index contributed by atoms with van der Waals surface area (Å²) in [5, 5.41) is 3.75. The van der Waals surface area contributed by atoms with Crippen LogP contribution in [-0.4, -0.2) is 23.2 Å². The average Bonchev–Trinajstić information content (AvgIpc) is 2.78. The van der Waals surface area contributed by atoms with E-state index in [4.69, 9.17) is 4.78 Å². The molecule has 2 aliphatic heterocycles. The van der Waals surface area contributed by atoms with E-state index in [1.54, 1.807) is 0 Å². The first-order valence-electron chi connectivity index (χ1n) is 6.06. The van der Waals surface area contributed by atoms with Gasteiger partial charge in [0.15, 0.2) is 0 Å². The molecule has 16 heavy (non-hydrogen) atoms. The van der Waals surface area contributed by atoms with Crippen LogP contribution in [-0.2, 0) is 15.7 Å². The number of carbonyl (C=O) groups excluding carboxylic acids is 1. The highest BCUT2D eigenvalue weighted by Crippen LogP contribution is 2.34. The minimum atomic E-state index is -0.724. The van der Waals surface area contributed by atoms with Gasteiger partial charge < -0.3 is 5.32 Å². The molecule has 2 heterocycles. The van der Waals surface area contributed by atoms with Gasteiger partial charge in [0.1, 0.15) is 0 Å². The lowest BCUT2D eigenvalue weighted by Gasteiger charge is -2.20. The van der Waals surface area contributed by atoms with E-state index in [1.165, 1.54) is 12.8 Å². The van der Waals surface area contributed by atoms with Gasteiger partial charge in [-0.25, -0.2) is 0 Å². The Kier molecular flexibility index (Phi) is 3.64. The molecule has 0 aliphatic carbocycles. The van der Waals surface area contributed by atoms with Gasteiger partial charge in [-0.3, -0.25) is 14.3 Å². The SMILES string of the molecule is CC(C)S(=N)NC(=O)CC1CC2CCC1N2. The molecule has 4 atom stereocenters. The summed E-state index contributed by atoms with van der Waals surface area (Å²) in [6.45, 7) is 3.94. The van der Waals surface area contributed by atoms with Crippen LogP contribution in [0.5, 0.6) is 0 Å². The van der Waals surface area contributed by atoms with Crippen LogP contribution in [0, 0.1) is 10.7 Å². The van der Waals surface area contributed by atoms with Crippen molar-refractivity contribution in [3.8, 4) is 0 Å². The molecule has 92 valence electrons. The number of hydrogen-bond donors (Lipinski definition) is 3. The summed E-state index contributed by atoms with van der Waals surface area (Å²) in [4.78, 5) is 11.7. The van der Waals surface area contributed by atoms with Crippen LogP contribution >= 0.6 is 0 Å². The van der Waals surface area contributed by atoms with Crippen LogP contribution < -0.4 is 10.0 Å². The number of fused-ring (bicyclic) bond motifs is 2. The highest BCUT2D eigenvalue weighted by Gasteiger charge is 2.39. The molecule has 0 saturated carbocycles. The number of hydrogen-bond acceptors (Lipinski definition) is 3. The Hall–Kier alpha value is -0.420. The Balaban J connectivity index is 1.78. The molecular formula is C11H21N3OS. The van der Waals surface area contributed by atoms with Crippen molar-refractivity contribution >= 4 is 16.8 Å². The molecule has 2 aliphatic rings. The van der Waals surface area contributed by atoms with E-state index in [2.05, 4.69) is 10.0 Å². The molecule has 0 radical (unpaired) electrons. The summed E-state index contributed by atoms with van der Waals surface area (Å²) in [5.41, 5.74) is 0. The zero-order valence-corrected chi connectivity index (χ0v) is 10.8. The molecule has 2 rings (SSSR count). The number of amides is 1. The van der Waals surface area contributed by atoms with E-state index in [0.29, 0.717) is 24.4 Å². The molecule has 5 heteroatoms. The smallest absolute Gasteiger partial charge is 0.230 e. The largest absolute Gasteiger partial charge is 0.311 e. The molecule has 2 bridgehead atoms.